The number of nitrogens with one attached hydrogen (secondary N) is 2. The Morgan fingerprint density at radius 2 is 2.00 bits per heavy atom. The van der Waals surface area contributed by atoms with Gasteiger partial charge in [0.05, 0.1) is 0 Å². The molecule has 0 aromatic carbocycles. The van der Waals surface area contributed by atoms with E-state index in [4.69, 9.17) is 0 Å². The zero-order chi connectivity index (χ0) is 11.3. The molecule has 0 aromatic heterocycles. The Labute approximate surface area is 101 Å². The van der Waals surface area contributed by atoms with Crippen LogP contribution in [0.3, 0.4) is 0 Å². The van der Waals surface area contributed by atoms with Crippen LogP contribution in [0, 0.1) is 11.3 Å². The molecule has 2 heteroatoms. The number of rotatable bonds is 6. The lowest BCUT2D eigenvalue weighted by Crippen LogP contribution is -2.43. The van der Waals surface area contributed by atoms with Crippen molar-refractivity contribution in [3.63, 3.8) is 0 Å². The molecule has 2 N–H and O–H groups in total. The first-order valence-corrected chi connectivity index (χ1v) is 7.26. The molecule has 1 heterocycles. The molecular weight excluding hydrogens is 196 g/mol. The van der Waals surface area contributed by atoms with Crippen LogP contribution in [0.5, 0.6) is 0 Å². The molecule has 1 saturated carbocycles. The molecule has 0 amide bonds. The third-order valence-corrected chi connectivity index (χ3v) is 4.87. The van der Waals surface area contributed by atoms with E-state index >= 15 is 0 Å². The first-order chi connectivity index (χ1) is 7.85. The van der Waals surface area contributed by atoms with Crippen molar-refractivity contribution in [1.82, 2.24) is 10.6 Å². The Balaban J connectivity index is 1.61. The molecule has 0 atom stereocenters. The monoisotopic (exact) mass is 224 g/mol. The van der Waals surface area contributed by atoms with Crippen molar-refractivity contribution in [3.05, 3.63) is 0 Å². The summed E-state index contributed by atoms with van der Waals surface area (Å²) in [4.78, 5) is 0. The van der Waals surface area contributed by atoms with Crippen LogP contribution < -0.4 is 10.6 Å². The van der Waals surface area contributed by atoms with Gasteiger partial charge in [-0.15, -0.1) is 0 Å². The molecule has 1 saturated heterocycles. The van der Waals surface area contributed by atoms with Crippen LogP contribution in [0.25, 0.3) is 0 Å². The Kier molecular flexibility index (Phi) is 4.66. The topological polar surface area (TPSA) is 24.1 Å². The van der Waals surface area contributed by atoms with Crippen molar-refractivity contribution in [1.29, 1.82) is 0 Å². The lowest BCUT2D eigenvalue weighted by atomic mass is 9.76. The maximum Gasteiger partial charge on any atom is 0.000866 e. The number of hydrogen-bond acceptors (Lipinski definition) is 2. The van der Waals surface area contributed by atoms with E-state index in [-0.39, 0.29) is 0 Å². The van der Waals surface area contributed by atoms with Gasteiger partial charge in [0.15, 0.2) is 0 Å². The Bertz CT molecular complexity index is 193. The fraction of sp³-hybridized carbons (Fsp3) is 1.00. The highest BCUT2D eigenvalue weighted by molar-refractivity contribution is 4.85. The molecule has 2 rings (SSSR count). The van der Waals surface area contributed by atoms with E-state index in [1.165, 1.54) is 71.1 Å². The lowest BCUT2D eigenvalue weighted by molar-refractivity contribution is 0.182. The first-order valence-electron chi connectivity index (χ1n) is 7.26. The van der Waals surface area contributed by atoms with Crippen LogP contribution in [0.15, 0.2) is 0 Å². The largest absolute Gasteiger partial charge is 0.317 e. The molecule has 0 aromatic rings. The van der Waals surface area contributed by atoms with Crippen LogP contribution in [0.1, 0.15) is 51.9 Å². The predicted octanol–water partition coefficient (Wildman–Crippen LogP) is 2.55. The van der Waals surface area contributed by atoms with Gasteiger partial charge in [-0.2, -0.15) is 0 Å². The highest BCUT2D eigenvalue weighted by Crippen LogP contribution is 2.32. The Morgan fingerprint density at radius 1 is 1.25 bits per heavy atom. The fourth-order valence-corrected chi connectivity index (χ4v) is 3.05. The minimum absolute atomic E-state index is 0.602. The summed E-state index contributed by atoms with van der Waals surface area (Å²) in [6.07, 6.45) is 9.94. The van der Waals surface area contributed by atoms with Crippen LogP contribution in [-0.4, -0.2) is 26.2 Å². The average Bonchev–Trinajstić information content (AvgIpc) is 2.28. The number of piperidine rings is 1. The van der Waals surface area contributed by atoms with Gasteiger partial charge in [-0.3, -0.25) is 0 Å². The standard InChI is InChI=1S/C14H28N2/c1-2-14(7-10-15-11-8-14)12-16-9-6-13-4-3-5-13/h13,15-16H,2-12H2,1H3. The van der Waals surface area contributed by atoms with Crippen molar-refractivity contribution in [2.75, 3.05) is 26.2 Å². The summed E-state index contributed by atoms with van der Waals surface area (Å²) >= 11 is 0. The van der Waals surface area contributed by atoms with Crippen LogP contribution >= 0.6 is 0 Å². The highest BCUT2D eigenvalue weighted by atomic mass is 14.9. The van der Waals surface area contributed by atoms with Crippen molar-refractivity contribution in [3.8, 4) is 0 Å². The molecular formula is C14H28N2. The third-order valence-electron chi connectivity index (χ3n) is 4.87. The summed E-state index contributed by atoms with van der Waals surface area (Å²) < 4.78 is 0. The van der Waals surface area contributed by atoms with Gasteiger partial charge in [0.2, 0.25) is 0 Å². The van der Waals surface area contributed by atoms with E-state index in [0.29, 0.717) is 5.41 Å². The normalized spacial score (nSPS) is 25.3. The van der Waals surface area contributed by atoms with Gasteiger partial charge in [-0.1, -0.05) is 26.2 Å². The van der Waals surface area contributed by atoms with E-state index in [0.717, 1.165) is 5.92 Å². The van der Waals surface area contributed by atoms with Crippen LogP contribution in [0.2, 0.25) is 0 Å². The van der Waals surface area contributed by atoms with Crippen molar-refractivity contribution in [2.45, 2.75) is 51.9 Å². The molecule has 2 nitrogen and oxygen atoms in total. The summed E-state index contributed by atoms with van der Waals surface area (Å²) in [5.74, 6) is 1.05. The first kappa shape index (κ1) is 12.4. The maximum absolute atomic E-state index is 3.72. The predicted molar refractivity (Wildman–Crippen MR) is 69.7 cm³/mol. The van der Waals surface area contributed by atoms with Crippen molar-refractivity contribution < 1.29 is 0 Å². The maximum atomic E-state index is 3.72. The minimum Gasteiger partial charge on any atom is -0.317 e. The molecule has 2 aliphatic rings. The van der Waals surface area contributed by atoms with Gasteiger partial charge < -0.3 is 10.6 Å². The average molecular weight is 224 g/mol. The van der Waals surface area contributed by atoms with E-state index in [1.807, 2.05) is 0 Å². The lowest BCUT2D eigenvalue weighted by Gasteiger charge is -2.37. The number of hydrogen-bond donors (Lipinski definition) is 2. The van der Waals surface area contributed by atoms with Gasteiger partial charge in [0.25, 0.3) is 0 Å². The smallest absolute Gasteiger partial charge is 0.000866 e. The molecule has 0 bridgehead atoms. The van der Waals surface area contributed by atoms with Gasteiger partial charge >= 0.3 is 0 Å². The SMILES string of the molecule is CCC1(CNCCC2CCC2)CCNCC1. The van der Waals surface area contributed by atoms with Gasteiger partial charge in [0, 0.05) is 6.54 Å². The zero-order valence-electron chi connectivity index (χ0n) is 10.9. The molecule has 0 unspecified atom stereocenters. The quantitative estimate of drug-likeness (QED) is 0.678. The highest BCUT2D eigenvalue weighted by Gasteiger charge is 2.29. The van der Waals surface area contributed by atoms with E-state index in [2.05, 4.69) is 17.6 Å². The van der Waals surface area contributed by atoms with E-state index in [1.54, 1.807) is 0 Å². The molecule has 94 valence electrons. The summed E-state index contributed by atoms with van der Waals surface area (Å²) in [7, 11) is 0. The van der Waals surface area contributed by atoms with Crippen LogP contribution in [0.4, 0.5) is 0 Å². The summed E-state index contributed by atoms with van der Waals surface area (Å²) in [6, 6.07) is 0. The van der Waals surface area contributed by atoms with E-state index in [9.17, 15) is 0 Å². The molecule has 1 aliphatic heterocycles. The van der Waals surface area contributed by atoms with Gasteiger partial charge in [-0.25, -0.2) is 0 Å². The molecule has 0 spiro atoms. The summed E-state index contributed by atoms with van der Waals surface area (Å²) in [6.45, 7) is 7.30. The van der Waals surface area contributed by atoms with Crippen molar-refractivity contribution >= 4 is 0 Å². The fourth-order valence-electron chi connectivity index (χ4n) is 3.05. The summed E-state index contributed by atoms with van der Waals surface area (Å²) in [5, 5.41) is 7.19. The minimum atomic E-state index is 0.602. The Hall–Kier alpha value is -0.0800. The van der Waals surface area contributed by atoms with Crippen LogP contribution in [-0.2, 0) is 0 Å². The molecule has 1 aliphatic carbocycles. The second-order valence-electron chi connectivity index (χ2n) is 5.87. The molecule has 16 heavy (non-hydrogen) atoms. The van der Waals surface area contributed by atoms with Gasteiger partial charge in [0.1, 0.15) is 0 Å². The third kappa shape index (κ3) is 3.21. The van der Waals surface area contributed by atoms with Gasteiger partial charge in [-0.05, 0) is 56.7 Å². The second-order valence-corrected chi connectivity index (χ2v) is 5.87. The molecule has 2 fully saturated rings. The second kappa shape index (κ2) is 6.02. The van der Waals surface area contributed by atoms with Crippen molar-refractivity contribution in [2.24, 2.45) is 11.3 Å². The Morgan fingerprint density at radius 3 is 2.56 bits per heavy atom. The molecule has 0 radical (unpaired) electrons. The zero-order valence-corrected chi connectivity index (χ0v) is 10.9. The van der Waals surface area contributed by atoms with E-state index < -0.39 is 0 Å². The summed E-state index contributed by atoms with van der Waals surface area (Å²) in [5.41, 5.74) is 0.602.